The monoisotopic (exact) mass is 476 g/mol. The van der Waals surface area contributed by atoms with Gasteiger partial charge >= 0.3 is 12.1 Å². The van der Waals surface area contributed by atoms with Crippen molar-refractivity contribution in [3.8, 4) is 11.1 Å². The van der Waals surface area contributed by atoms with Crippen LogP contribution in [0.2, 0.25) is 0 Å². The summed E-state index contributed by atoms with van der Waals surface area (Å²) in [6.45, 7) is 3.60. The first-order valence-electron chi connectivity index (χ1n) is 12.2. The van der Waals surface area contributed by atoms with Crippen LogP contribution in [0, 0.1) is 5.92 Å². The number of hydrogen-bond donors (Lipinski definition) is 2. The first kappa shape index (κ1) is 24.5. The van der Waals surface area contributed by atoms with Gasteiger partial charge in [-0.1, -0.05) is 73.9 Å². The van der Waals surface area contributed by atoms with E-state index in [-0.39, 0.29) is 31.5 Å². The van der Waals surface area contributed by atoms with Crippen molar-refractivity contribution in [1.29, 1.82) is 0 Å². The highest BCUT2D eigenvalue weighted by Gasteiger charge is 2.35. The van der Waals surface area contributed by atoms with Gasteiger partial charge in [0.15, 0.2) is 0 Å². The minimum Gasteiger partial charge on any atom is -0.480 e. The number of rotatable bonds is 8. The van der Waals surface area contributed by atoms with Crippen LogP contribution in [0.4, 0.5) is 4.79 Å². The molecule has 2 amide bonds. The summed E-state index contributed by atoms with van der Waals surface area (Å²) in [6, 6.07) is 15.9. The Balaban J connectivity index is 1.44. The van der Waals surface area contributed by atoms with Crippen LogP contribution >= 0.6 is 0 Å². The molecule has 0 radical (unpaired) electrons. The Bertz CT molecular complexity index is 1050. The molecule has 1 saturated carbocycles. The van der Waals surface area contributed by atoms with Crippen LogP contribution in [0.3, 0.4) is 0 Å². The summed E-state index contributed by atoms with van der Waals surface area (Å²) in [7, 11) is 0. The summed E-state index contributed by atoms with van der Waals surface area (Å²) in [6.07, 6.45) is 4.92. The zero-order chi connectivity index (χ0) is 24.8. The van der Waals surface area contributed by atoms with E-state index < -0.39 is 24.0 Å². The van der Waals surface area contributed by atoms with Crippen LogP contribution < -0.4 is 5.32 Å². The topological polar surface area (TPSA) is 95.9 Å². The fourth-order valence-corrected chi connectivity index (χ4v) is 5.35. The molecule has 0 bridgehead atoms. The minimum absolute atomic E-state index is 0.0432. The Kier molecular flexibility index (Phi) is 7.85. The maximum atomic E-state index is 13.2. The number of benzene rings is 2. The number of carboxylic acid groups (broad SMARTS) is 1. The Morgan fingerprint density at radius 3 is 2.26 bits per heavy atom. The molecule has 2 aromatic rings. The number of fused-ring (bicyclic) bond motifs is 3. The molecule has 2 aromatic carbocycles. The number of ether oxygens (including phenoxy) is 1. The molecule has 0 spiro atoms. The fourth-order valence-electron chi connectivity index (χ4n) is 5.35. The van der Waals surface area contributed by atoms with Gasteiger partial charge in [-0.2, -0.15) is 0 Å². The molecule has 0 saturated heterocycles. The lowest BCUT2D eigenvalue weighted by Gasteiger charge is -2.30. The van der Waals surface area contributed by atoms with Crippen molar-refractivity contribution in [2.75, 3.05) is 19.7 Å². The molecule has 2 aliphatic carbocycles. The molecule has 7 heteroatoms. The number of carboxylic acids is 1. The zero-order valence-corrected chi connectivity index (χ0v) is 19.8. The van der Waals surface area contributed by atoms with Gasteiger partial charge in [-0.3, -0.25) is 9.59 Å². The molecule has 2 atom stereocenters. The Morgan fingerprint density at radius 1 is 1.00 bits per heavy atom. The van der Waals surface area contributed by atoms with Crippen LogP contribution in [0.5, 0.6) is 0 Å². The van der Waals surface area contributed by atoms with E-state index in [1.54, 1.807) is 0 Å². The third kappa shape index (κ3) is 5.56. The van der Waals surface area contributed by atoms with Crippen molar-refractivity contribution in [2.45, 2.75) is 44.1 Å². The van der Waals surface area contributed by atoms with E-state index in [0.29, 0.717) is 12.8 Å². The minimum atomic E-state index is -1.07. The Hall–Kier alpha value is -3.61. The third-order valence-electron chi connectivity index (χ3n) is 6.97. The predicted octanol–water partition coefficient (Wildman–Crippen LogP) is 4.57. The summed E-state index contributed by atoms with van der Waals surface area (Å²) >= 11 is 0. The van der Waals surface area contributed by atoms with E-state index in [9.17, 15) is 19.5 Å². The van der Waals surface area contributed by atoms with Crippen LogP contribution in [0.15, 0.2) is 61.2 Å². The first-order valence-corrected chi connectivity index (χ1v) is 12.2. The molecule has 1 fully saturated rings. The SMILES string of the molecule is C=CCN(CC(=O)O)C(=O)C1CCCCCC1NC(=O)OCC1c2ccccc2-c2ccccc21. The second-order valence-corrected chi connectivity index (χ2v) is 9.22. The number of aliphatic carboxylic acids is 1. The van der Waals surface area contributed by atoms with Crippen molar-refractivity contribution in [3.63, 3.8) is 0 Å². The van der Waals surface area contributed by atoms with Crippen molar-refractivity contribution in [3.05, 3.63) is 72.3 Å². The number of nitrogens with zero attached hydrogens (tertiary/aromatic N) is 1. The van der Waals surface area contributed by atoms with Gasteiger partial charge in [-0.05, 0) is 35.1 Å². The number of hydrogen-bond acceptors (Lipinski definition) is 4. The van der Waals surface area contributed by atoms with Crippen molar-refractivity contribution >= 4 is 18.0 Å². The fraction of sp³-hybridized carbons (Fsp3) is 0.393. The van der Waals surface area contributed by atoms with Gasteiger partial charge < -0.3 is 20.1 Å². The number of amides is 2. The zero-order valence-electron chi connectivity index (χ0n) is 19.8. The van der Waals surface area contributed by atoms with Crippen LogP contribution in [-0.2, 0) is 14.3 Å². The molecular weight excluding hydrogens is 444 g/mol. The molecule has 35 heavy (non-hydrogen) atoms. The van der Waals surface area contributed by atoms with Gasteiger partial charge in [0.1, 0.15) is 13.2 Å². The van der Waals surface area contributed by atoms with E-state index in [4.69, 9.17) is 4.74 Å². The van der Waals surface area contributed by atoms with Crippen molar-refractivity contribution in [1.82, 2.24) is 10.2 Å². The van der Waals surface area contributed by atoms with Gasteiger partial charge in [-0.25, -0.2) is 4.79 Å². The summed E-state index contributed by atoms with van der Waals surface area (Å²) in [5, 5.41) is 12.2. The maximum absolute atomic E-state index is 13.2. The number of alkyl carbamates (subject to hydrolysis) is 1. The molecule has 2 unspecified atom stereocenters. The Morgan fingerprint density at radius 2 is 1.63 bits per heavy atom. The largest absolute Gasteiger partial charge is 0.480 e. The molecule has 0 aromatic heterocycles. The molecule has 2 aliphatic rings. The summed E-state index contributed by atoms with van der Waals surface area (Å²) in [4.78, 5) is 38.7. The highest BCUT2D eigenvalue weighted by Crippen LogP contribution is 2.44. The molecule has 0 aliphatic heterocycles. The first-order chi connectivity index (χ1) is 17.0. The van der Waals surface area contributed by atoms with E-state index in [0.717, 1.165) is 41.5 Å². The van der Waals surface area contributed by atoms with E-state index in [2.05, 4.69) is 36.2 Å². The third-order valence-corrected chi connectivity index (χ3v) is 6.97. The smallest absolute Gasteiger partial charge is 0.407 e. The Labute approximate surface area is 205 Å². The summed E-state index contributed by atoms with van der Waals surface area (Å²) in [5.41, 5.74) is 4.59. The van der Waals surface area contributed by atoms with E-state index in [1.807, 2.05) is 24.3 Å². The molecule has 0 heterocycles. The van der Waals surface area contributed by atoms with Gasteiger partial charge in [0, 0.05) is 18.5 Å². The summed E-state index contributed by atoms with van der Waals surface area (Å²) < 4.78 is 5.70. The normalized spacial score (nSPS) is 19.1. The highest BCUT2D eigenvalue weighted by molar-refractivity contribution is 5.84. The van der Waals surface area contributed by atoms with E-state index >= 15 is 0 Å². The number of carbonyl (C=O) groups excluding carboxylic acids is 2. The van der Waals surface area contributed by atoms with Gasteiger partial charge in [0.25, 0.3) is 0 Å². The van der Waals surface area contributed by atoms with Crippen LogP contribution in [0.25, 0.3) is 11.1 Å². The van der Waals surface area contributed by atoms with Gasteiger partial charge in [0.05, 0.1) is 5.92 Å². The number of nitrogens with one attached hydrogen (secondary N) is 1. The molecule has 7 nitrogen and oxygen atoms in total. The second kappa shape index (κ2) is 11.2. The van der Waals surface area contributed by atoms with E-state index in [1.165, 1.54) is 11.0 Å². The summed E-state index contributed by atoms with van der Waals surface area (Å²) in [5.74, 6) is -1.87. The molecular formula is C28H32N2O5. The lowest BCUT2D eigenvalue weighted by atomic mass is 9.93. The average Bonchev–Trinajstić information content (AvgIpc) is 2.98. The number of carbonyl (C=O) groups is 3. The van der Waals surface area contributed by atoms with Gasteiger partial charge in [0.2, 0.25) is 5.91 Å². The molecule has 2 N–H and O–H groups in total. The standard InChI is InChI=1S/C28H32N2O5/c1-2-16-30(17-26(31)32)27(33)23-14-4-3-5-15-25(23)29-28(34)35-18-24-21-12-8-6-10-19(21)20-11-7-9-13-22(20)24/h2,6-13,23-25H,1,3-5,14-18H2,(H,29,34)(H,31,32). The predicted molar refractivity (Wildman–Crippen MR) is 133 cm³/mol. The molecule has 184 valence electrons. The lowest BCUT2D eigenvalue weighted by molar-refractivity contribution is -0.146. The second-order valence-electron chi connectivity index (χ2n) is 9.22. The van der Waals surface area contributed by atoms with Crippen molar-refractivity contribution in [2.24, 2.45) is 5.92 Å². The molecule has 4 rings (SSSR count). The van der Waals surface area contributed by atoms with Crippen LogP contribution in [-0.4, -0.2) is 53.7 Å². The van der Waals surface area contributed by atoms with Crippen molar-refractivity contribution < 1.29 is 24.2 Å². The quantitative estimate of drug-likeness (QED) is 0.430. The maximum Gasteiger partial charge on any atom is 0.407 e. The van der Waals surface area contributed by atoms with Crippen LogP contribution in [0.1, 0.15) is 49.1 Å². The lowest BCUT2D eigenvalue weighted by Crippen LogP contribution is -2.49. The average molecular weight is 477 g/mol. The highest BCUT2D eigenvalue weighted by atomic mass is 16.5. The van der Waals surface area contributed by atoms with Gasteiger partial charge in [-0.15, -0.1) is 6.58 Å².